The Kier molecular flexibility index (Phi) is 5.52. The number of fused-ring (bicyclic) bond motifs is 3. The maximum Gasteiger partial charge on any atom is 0.276 e. The van der Waals surface area contributed by atoms with E-state index in [0.717, 1.165) is 28.2 Å². The largest absolute Gasteiger partial charge is 0.339 e. The van der Waals surface area contributed by atoms with Crippen LogP contribution in [0, 0.1) is 0 Å². The van der Waals surface area contributed by atoms with Gasteiger partial charge in [-0.2, -0.15) is 4.98 Å². The first-order valence-electron chi connectivity index (χ1n) is 9.60. The molecule has 0 radical (unpaired) electrons. The fraction of sp³-hybridized carbons (Fsp3) is 0.350. The molecule has 0 fully saturated rings. The molecule has 30 heavy (non-hydrogen) atoms. The number of alkyl halides is 1. The van der Waals surface area contributed by atoms with E-state index in [9.17, 15) is 8.42 Å². The molecule has 4 aromatic rings. The molecule has 1 aromatic carbocycles. The van der Waals surface area contributed by atoms with Gasteiger partial charge in [-0.25, -0.2) is 17.7 Å². The number of pyridine rings is 1. The summed E-state index contributed by atoms with van der Waals surface area (Å²) in [5, 5.41) is 5.63. The van der Waals surface area contributed by atoms with E-state index in [1.165, 1.54) is 18.4 Å². The van der Waals surface area contributed by atoms with E-state index in [0.29, 0.717) is 36.3 Å². The molecule has 0 atom stereocenters. The molecule has 0 spiro atoms. The molecule has 0 saturated carbocycles. The number of sulfonamides is 1. The van der Waals surface area contributed by atoms with Crippen molar-refractivity contribution in [3.8, 4) is 11.6 Å². The maximum atomic E-state index is 12.7. The van der Waals surface area contributed by atoms with Crippen molar-refractivity contribution in [2.45, 2.75) is 31.2 Å². The normalized spacial score (nSPS) is 12.4. The number of hydrogen-bond acceptors (Lipinski definition) is 6. The summed E-state index contributed by atoms with van der Waals surface area (Å²) in [6, 6.07) is 7.04. The number of halogens is 1. The zero-order valence-electron chi connectivity index (χ0n) is 17.0. The minimum Gasteiger partial charge on any atom is -0.339 e. The van der Waals surface area contributed by atoms with E-state index < -0.39 is 10.0 Å². The van der Waals surface area contributed by atoms with Crippen LogP contribution in [0.1, 0.15) is 19.2 Å². The molecule has 0 aliphatic heterocycles. The topological polar surface area (TPSA) is 94.1 Å². The molecular weight excluding hydrogens is 426 g/mol. The van der Waals surface area contributed by atoms with Crippen LogP contribution in [0.4, 0.5) is 0 Å². The Morgan fingerprint density at radius 1 is 1.17 bits per heavy atom. The van der Waals surface area contributed by atoms with Crippen LogP contribution >= 0.6 is 11.6 Å². The molecular formula is C20H22ClN5O3S. The van der Waals surface area contributed by atoms with Crippen molar-refractivity contribution in [3.63, 3.8) is 0 Å². The predicted molar refractivity (Wildman–Crippen MR) is 116 cm³/mol. The van der Waals surface area contributed by atoms with Crippen molar-refractivity contribution < 1.29 is 12.9 Å². The Hall–Kier alpha value is -2.49. The fourth-order valence-electron chi connectivity index (χ4n) is 3.42. The van der Waals surface area contributed by atoms with Gasteiger partial charge in [0.15, 0.2) is 5.82 Å². The molecule has 3 heterocycles. The molecule has 0 amide bonds. The lowest BCUT2D eigenvalue weighted by Gasteiger charge is -2.11. The second kappa shape index (κ2) is 7.98. The third kappa shape index (κ3) is 3.46. The standard InChI is InChI=1S/C20H22ClN5O3S/c1-4-19-23-20(29-24-19)16-11-15-14-10-13(30(27,28)25(2)3)6-7-17(14)26(9-5-8-21)18(15)12-22-16/h6-7,10-12H,4-5,8-9H2,1-3H3. The highest BCUT2D eigenvalue weighted by molar-refractivity contribution is 7.89. The first-order valence-corrected chi connectivity index (χ1v) is 11.6. The molecule has 4 rings (SSSR count). The summed E-state index contributed by atoms with van der Waals surface area (Å²) in [5.74, 6) is 1.48. The number of aromatic nitrogens is 4. The van der Waals surface area contributed by atoms with E-state index in [1.54, 1.807) is 18.3 Å². The average Bonchev–Trinajstić information content (AvgIpc) is 3.34. The number of aryl methyl sites for hydroxylation is 2. The quantitative estimate of drug-likeness (QED) is 0.401. The Balaban J connectivity index is 1.97. The predicted octanol–water partition coefficient (Wildman–Crippen LogP) is 3.68. The van der Waals surface area contributed by atoms with E-state index in [1.807, 2.05) is 19.1 Å². The Bertz CT molecular complexity index is 1330. The molecule has 10 heteroatoms. The van der Waals surface area contributed by atoms with Gasteiger partial charge in [-0.15, -0.1) is 11.6 Å². The molecule has 0 bridgehead atoms. The van der Waals surface area contributed by atoms with Crippen molar-refractivity contribution in [3.05, 3.63) is 36.3 Å². The van der Waals surface area contributed by atoms with Crippen LogP contribution in [0.2, 0.25) is 0 Å². The van der Waals surface area contributed by atoms with E-state index in [4.69, 9.17) is 16.1 Å². The second-order valence-electron chi connectivity index (χ2n) is 7.12. The summed E-state index contributed by atoms with van der Waals surface area (Å²) >= 11 is 5.92. The lowest BCUT2D eigenvalue weighted by molar-refractivity contribution is 0.422. The van der Waals surface area contributed by atoms with Crippen molar-refractivity contribution in [2.24, 2.45) is 0 Å². The van der Waals surface area contributed by atoms with Crippen LogP contribution in [-0.4, -0.2) is 52.4 Å². The second-order valence-corrected chi connectivity index (χ2v) is 9.65. The van der Waals surface area contributed by atoms with E-state index in [-0.39, 0.29) is 4.90 Å². The average molecular weight is 448 g/mol. The molecule has 158 valence electrons. The molecule has 0 aliphatic carbocycles. The van der Waals surface area contributed by atoms with Crippen LogP contribution < -0.4 is 0 Å². The third-order valence-corrected chi connectivity index (χ3v) is 7.10. The van der Waals surface area contributed by atoms with Gasteiger partial charge in [0, 0.05) is 49.2 Å². The molecule has 0 unspecified atom stereocenters. The van der Waals surface area contributed by atoms with Gasteiger partial charge in [0.05, 0.1) is 16.6 Å². The maximum absolute atomic E-state index is 12.7. The molecule has 0 N–H and O–H groups in total. The lowest BCUT2D eigenvalue weighted by atomic mass is 10.1. The van der Waals surface area contributed by atoms with Gasteiger partial charge in [-0.3, -0.25) is 0 Å². The van der Waals surface area contributed by atoms with Crippen LogP contribution in [0.25, 0.3) is 33.4 Å². The van der Waals surface area contributed by atoms with E-state index in [2.05, 4.69) is 19.7 Å². The number of hydrogen-bond donors (Lipinski definition) is 0. The van der Waals surface area contributed by atoms with Gasteiger partial charge in [-0.05, 0) is 30.7 Å². The number of benzene rings is 1. The molecule has 8 nitrogen and oxygen atoms in total. The van der Waals surface area contributed by atoms with Gasteiger partial charge in [0.2, 0.25) is 10.0 Å². The Morgan fingerprint density at radius 2 is 1.93 bits per heavy atom. The van der Waals surface area contributed by atoms with Crippen molar-refractivity contribution >= 4 is 43.4 Å². The summed E-state index contributed by atoms with van der Waals surface area (Å²) in [7, 11) is -0.520. The van der Waals surface area contributed by atoms with Crippen molar-refractivity contribution in [1.82, 2.24) is 24.0 Å². The fourth-order valence-corrected chi connectivity index (χ4v) is 4.47. The van der Waals surface area contributed by atoms with Crippen LogP contribution in [0.3, 0.4) is 0 Å². The lowest BCUT2D eigenvalue weighted by Crippen LogP contribution is -2.22. The minimum atomic E-state index is -3.56. The zero-order valence-corrected chi connectivity index (χ0v) is 18.5. The van der Waals surface area contributed by atoms with E-state index >= 15 is 0 Å². The summed E-state index contributed by atoms with van der Waals surface area (Å²) in [6.45, 7) is 2.65. The van der Waals surface area contributed by atoms with Crippen LogP contribution in [0.5, 0.6) is 0 Å². The highest BCUT2D eigenvalue weighted by Gasteiger charge is 2.21. The van der Waals surface area contributed by atoms with Gasteiger partial charge in [0.1, 0.15) is 5.69 Å². The molecule has 0 saturated heterocycles. The van der Waals surface area contributed by atoms with Crippen molar-refractivity contribution in [1.29, 1.82) is 0 Å². The minimum absolute atomic E-state index is 0.237. The smallest absolute Gasteiger partial charge is 0.276 e. The number of nitrogens with zero attached hydrogens (tertiary/aromatic N) is 5. The Labute approximate surface area is 179 Å². The highest BCUT2D eigenvalue weighted by atomic mass is 35.5. The summed E-state index contributed by atoms with van der Waals surface area (Å²) in [4.78, 5) is 9.10. The van der Waals surface area contributed by atoms with Crippen LogP contribution in [-0.2, 0) is 23.0 Å². The number of rotatable bonds is 7. The SMILES string of the molecule is CCc1noc(-c2cc3c4cc(S(=O)(=O)N(C)C)ccc4n(CCCCl)c3cn2)n1. The first kappa shape index (κ1) is 20.8. The van der Waals surface area contributed by atoms with Gasteiger partial charge < -0.3 is 9.09 Å². The first-order chi connectivity index (χ1) is 14.4. The highest BCUT2D eigenvalue weighted by Crippen LogP contribution is 2.33. The summed E-state index contributed by atoms with van der Waals surface area (Å²) in [5.41, 5.74) is 2.37. The Morgan fingerprint density at radius 3 is 2.60 bits per heavy atom. The van der Waals surface area contributed by atoms with Gasteiger partial charge in [-0.1, -0.05) is 12.1 Å². The zero-order chi connectivity index (χ0) is 21.5. The van der Waals surface area contributed by atoms with Crippen molar-refractivity contribution in [2.75, 3.05) is 20.0 Å². The molecule has 0 aliphatic rings. The molecule has 3 aromatic heterocycles. The van der Waals surface area contributed by atoms with Gasteiger partial charge >= 0.3 is 0 Å². The monoisotopic (exact) mass is 447 g/mol. The van der Waals surface area contributed by atoms with Gasteiger partial charge in [0.25, 0.3) is 5.89 Å². The summed E-state index contributed by atoms with van der Waals surface area (Å²) < 4.78 is 34.0. The van der Waals surface area contributed by atoms with Crippen LogP contribution in [0.15, 0.2) is 39.9 Å². The summed E-state index contributed by atoms with van der Waals surface area (Å²) in [6.07, 6.45) is 3.20. The third-order valence-electron chi connectivity index (χ3n) is 5.02.